The van der Waals surface area contributed by atoms with Gasteiger partial charge in [-0.2, -0.15) is 5.10 Å². The number of carbonyl (C=O) groups is 3. The molecule has 8 heteroatoms. The summed E-state index contributed by atoms with van der Waals surface area (Å²) in [6, 6.07) is 4.95. The van der Waals surface area contributed by atoms with Crippen molar-refractivity contribution in [1.29, 1.82) is 0 Å². The van der Waals surface area contributed by atoms with E-state index in [0.29, 0.717) is 5.56 Å². The Bertz CT molecular complexity index is 664. The molecular formula is C12H12N4O4. The lowest BCUT2D eigenvalue weighted by atomic mass is 10.1. The Morgan fingerprint density at radius 1 is 1.20 bits per heavy atom. The number of H-pyrrole nitrogens is 1. The summed E-state index contributed by atoms with van der Waals surface area (Å²) in [5, 5.41) is 20.3. The van der Waals surface area contributed by atoms with Crippen LogP contribution in [0.5, 0.6) is 0 Å². The molecule has 0 atom stereocenters. The Labute approximate surface area is 113 Å². The molecule has 0 radical (unpaired) electrons. The minimum absolute atomic E-state index is 0.282. The number of hydrogen-bond donors (Lipinski definition) is 4. The number of benzene rings is 1. The van der Waals surface area contributed by atoms with E-state index in [9.17, 15) is 14.4 Å². The zero-order valence-electron chi connectivity index (χ0n) is 10.3. The van der Waals surface area contributed by atoms with Crippen molar-refractivity contribution in [2.75, 3.05) is 13.1 Å². The van der Waals surface area contributed by atoms with Crippen molar-refractivity contribution in [2.45, 2.75) is 0 Å². The normalized spacial score (nSPS) is 10.2. The van der Waals surface area contributed by atoms with E-state index >= 15 is 0 Å². The van der Waals surface area contributed by atoms with Crippen molar-refractivity contribution in [2.24, 2.45) is 0 Å². The molecule has 2 rings (SSSR count). The van der Waals surface area contributed by atoms with Gasteiger partial charge in [0.25, 0.3) is 5.91 Å². The maximum atomic E-state index is 11.8. The third kappa shape index (κ3) is 3.31. The molecule has 0 saturated heterocycles. The molecule has 0 spiro atoms. The van der Waals surface area contributed by atoms with Crippen molar-refractivity contribution in [1.82, 2.24) is 20.8 Å². The molecule has 0 aliphatic rings. The quantitative estimate of drug-likeness (QED) is 0.585. The lowest BCUT2D eigenvalue weighted by Crippen LogP contribution is -2.39. The molecule has 104 valence electrons. The number of fused-ring (bicyclic) bond motifs is 1. The fourth-order valence-corrected chi connectivity index (χ4v) is 1.58. The largest absolute Gasteiger partial charge is 0.480 e. The molecule has 8 nitrogen and oxygen atoms in total. The molecule has 0 fully saturated rings. The number of nitrogens with one attached hydrogen (secondary N) is 3. The standard InChI is InChI=1S/C12H12N4O4/c17-10(13-6-11(18)19)5-14-12(20)7-1-2-9-8(3-7)4-15-16-9/h1-4H,5-6H2,(H,13,17)(H,14,20)(H,15,16)(H,18,19). The van der Waals surface area contributed by atoms with Crippen molar-refractivity contribution >= 4 is 28.7 Å². The van der Waals surface area contributed by atoms with Crippen LogP contribution in [-0.4, -0.2) is 46.2 Å². The van der Waals surface area contributed by atoms with Gasteiger partial charge in [0.2, 0.25) is 5.91 Å². The van der Waals surface area contributed by atoms with Gasteiger partial charge in [0.05, 0.1) is 18.3 Å². The average molecular weight is 276 g/mol. The van der Waals surface area contributed by atoms with Gasteiger partial charge in [0.1, 0.15) is 6.54 Å². The monoisotopic (exact) mass is 276 g/mol. The predicted octanol–water partition coefficient (Wildman–Crippen LogP) is -0.506. The highest BCUT2D eigenvalue weighted by Crippen LogP contribution is 2.12. The molecule has 0 unspecified atom stereocenters. The summed E-state index contributed by atoms with van der Waals surface area (Å²) >= 11 is 0. The number of carboxylic acid groups (broad SMARTS) is 1. The van der Waals surface area contributed by atoms with E-state index in [1.54, 1.807) is 24.4 Å². The molecule has 4 N–H and O–H groups in total. The van der Waals surface area contributed by atoms with E-state index in [0.717, 1.165) is 10.9 Å². The SMILES string of the molecule is O=C(O)CNC(=O)CNC(=O)c1ccc2[nH]ncc2c1. The average Bonchev–Trinajstić information content (AvgIpc) is 2.89. The van der Waals surface area contributed by atoms with E-state index in [-0.39, 0.29) is 6.54 Å². The summed E-state index contributed by atoms with van der Waals surface area (Å²) in [5.41, 5.74) is 1.20. The number of aliphatic carboxylic acids is 1. The summed E-state index contributed by atoms with van der Waals surface area (Å²) in [6.45, 7) is -0.759. The molecule has 0 aliphatic heterocycles. The fourth-order valence-electron chi connectivity index (χ4n) is 1.58. The topological polar surface area (TPSA) is 124 Å². The van der Waals surface area contributed by atoms with E-state index in [1.165, 1.54) is 0 Å². The second-order valence-electron chi connectivity index (χ2n) is 4.03. The van der Waals surface area contributed by atoms with Crippen molar-refractivity contribution in [3.8, 4) is 0 Å². The minimum Gasteiger partial charge on any atom is -0.480 e. The van der Waals surface area contributed by atoms with Crippen LogP contribution in [0.25, 0.3) is 10.9 Å². The first-order valence-electron chi connectivity index (χ1n) is 5.76. The second-order valence-corrected chi connectivity index (χ2v) is 4.03. The van der Waals surface area contributed by atoms with E-state index in [4.69, 9.17) is 5.11 Å². The van der Waals surface area contributed by atoms with Gasteiger partial charge in [0, 0.05) is 10.9 Å². The molecule has 1 aromatic carbocycles. The summed E-state index contributed by atoms with van der Waals surface area (Å²) in [6.07, 6.45) is 1.59. The van der Waals surface area contributed by atoms with Crippen molar-refractivity contribution in [3.05, 3.63) is 30.0 Å². The van der Waals surface area contributed by atoms with E-state index in [1.807, 2.05) is 0 Å². The number of carbonyl (C=O) groups excluding carboxylic acids is 2. The lowest BCUT2D eigenvalue weighted by molar-refractivity contribution is -0.137. The highest BCUT2D eigenvalue weighted by molar-refractivity contribution is 5.99. The molecule has 0 saturated carbocycles. The van der Waals surface area contributed by atoms with Crippen LogP contribution in [0, 0.1) is 0 Å². The Morgan fingerprint density at radius 2 is 2.00 bits per heavy atom. The van der Waals surface area contributed by atoms with Gasteiger partial charge in [-0.25, -0.2) is 0 Å². The first-order valence-corrected chi connectivity index (χ1v) is 5.76. The van der Waals surface area contributed by atoms with Gasteiger partial charge in [-0.1, -0.05) is 0 Å². The van der Waals surface area contributed by atoms with Crippen molar-refractivity contribution < 1.29 is 19.5 Å². The zero-order chi connectivity index (χ0) is 14.5. The van der Waals surface area contributed by atoms with Gasteiger partial charge < -0.3 is 15.7 Å². The van der Waals surface area contributed by atoms with Crippen LogP contribution in [0.15, 0.2) is 24.4 Å². The smallest absolute Gasteiger partial charge is 0.322 e. The van der Waals surface area contributed by atoms with E-state index < -0.39 is 24.3 Å². The number of nitrogens with zero attached hydrogens (tertiary/aromatic N) is 1. The van der Waals surface area contributed by atoms with Gasteiger partial charge in [0.15, 0.2) is 0 Å². The van der Waals surface area contributed by atoms with Gasteiger partial charge >= 0.3 is 5.97 Å². The molecule has 0 bridgehead atoms. The minimum atomic E-state index is -1.14. The summed E-state index contributed by atoms with van der Waals surface area (Å²) in [5.74, 6) is -2.13. The zero-order valence-corrected chi connectivity index (χ0v) is 10.3. The van der Waals surface area contributed by atoms with Crippen LogP contribution in [0.2, 0.25) is 0 Å². The third-order valence-electron chi connectivity index (χ3n) is 2.55. The molecule has 2 aromatic rings. The Morgan fingerprint density at radius 3 is 2.75 bits per heavy atom. The van der Waals surface area contributed by atoms with Crippen molar-refractivity contribution in [3.63, 3.8) is 0 Å². The van der Waals surface area contributed by atoms with Crippen LogP contribution in [0.1, 0.15) is 10.4 Å². The highest BCUT2D eigenvalue weighted by Gasteiger charge is 2.09. The predicted molar refractivity (Wildman–Crippen MR) is 69.1 cm³/mol. The Balaban J connectivity index is 1.91. The lowest BCUT2D eigenvalue weighted by Gasteiger charge is -2.05. The first kappa shape index (κ1) is 13.5. The second kappa shape index (κ2) is 5.83. The van der Waals surface area contributed by atoms with Gasteiger partial charge in [-0.05, 0) is 18.2 Å². The molecule has 1 heterocycles. The van der Waals surface area contributed by atoms with Crippen LogP contribution in [-0.2, 0) is 9.59 Å². The van der Waals surface area contributed by atoms with E-state index in [2.05, 4.69) is 20.8 Å². The Hall–Kier alpha value is -2.90. The Kier molecular flexibility index (Phi) is 3.94. The number of aromatic amines is 1. The summed E-state index contributed by atoms with van der Waals surface area (Å²) in [7, 11) is 0. The van der Waals surface area contributed by atoms with Gasteiger partial charge in [-0.15, -0.1) is 0 Å². The molecule has 20 heavy (non-hydrogen) atoms. The number of amides is 2. The number of carboxylic acids is 1. The molecular weight excluding hydrogens is 264 g/mol. The number of aromatic nitrogens is 2. The number of rotatable bonds is 5. The van der Waals surface area contributed by atoms with Crippen LogP contribution < -0.4 is 10.6 Å². The summed E-state index contributed by atoms with van der Waals surface area (Å²) < 4.78 is 0. The molecule has 0 aliphatic carbocycles. The summed E-state index contributed by atoms with van der Waals surface area (Å²) in [4.78, 5) is 33.3. The maximum Gasteiger partial charge on any atom is 0.322 e. The maximum absolute atomic E-state index is 11.8. The van der Waals surface area contributed by atoms with Crippen LogP contribution in [0.4, 0.5) is 0 Å². The number of hydrogen-bond acceptors (Lipinski definition) is 4. The fraction of sp³-hybridized carbons (Fsp3) is 0.167. The third-order valence-corrected chi connectivity index (χ3v) is 2.55. The molecule has 2 amide bonds. The highest BCUT2D eigenvalue weighted by atomic mass is 16.4. The van der Waals surface area contributed by atoms with Crippen LogP contribution in [0.3, 0.4) is 0 Å². The first-order chi connectivity index (χ1) is 9.56. The van der Waals surface area contributed by atoms with Gasteiger partial charge in [-0.3, -0.25) is 19.5 Å². The molecule has 1 aromatic heterocycles. The van der Waals surface area contributed by atoms with Crippen LogP contribution >= 0.6 is 0 Å².